The lowest BCUT2D eigenvalue weighted by molar-refractivity contribution is -0.137. The van der Waals surface area contributed by atoms with Crippen molar-refractivity contribution in [2.24, 2.45) is 0 Å². The van der Waals surface area contributed by atoms with Crippen molar-refractivity contribution in [2.75, 3.05) is 11.9 Å². The molecule has 0 fully saturated rings. The summed E-state index contributed by atoms with van der Waals surface area (Å²) in [7, 11) is 0. The van der Waals surface area contributed by atoms with Crippen molar-refractivity contribution in [1.29, 1.82) is 0 Å². The zero-order chi connectivity index (χ0) is 10.9. The maximum absolute atomic E-state index is 12.4. The van der Waals surface area contributed by atoms with Crippen molar-refractivity contribution in [3.8, 4) is 0 Å². The summed E-state index contributed by atoms with van der Waals surface area (Å²) >= 11 is 0. The number of aryl methyl sites for hydroxylation is 1. The molecule has 0 aromatic heterocycles. The van der Waals surface area contributed by atoms with Crippen LogP contribution >= 0.6 is 12.4 Å². The number of anilines is 1. The van der Waals surface area contributed by atoms with Crippen molar-refractivity contribution >= 4 is 18.1 Å². The van der Waals surface area contributed by atoms with Crippen LogP contribution in [0.3, 0.4) is 0 Å². The monoisotopic (exact) mass is 251 g/mol. The van der Waals surface area contributed by atoms with Crippen LogP contribution in [0.25, 0.3) is 0 Å². The van der Waals surface area contributed by atoms with Gasteiger partial charge in [-0.25, -0.2) is 0 Å². The van der Waals surface area contributed by atoms with E-state index in [-0.39, 0.29) is 12.4 Å². The Labute approximate surface area is 98.4 Å². The van der Waals surface area contributed by atoms with Crippen LogP contribution in [-0.4, -0.2) is 6.54 Å². The number of hydrogen-bond acceptors (Lipinski definition) is 1. The van der Waals surface area contributed by atoms with E-state index in [4.69, 9.17) is 0 Å². The molecule has 0 aliphatic carbocycles. The number of nitrogens with one attached hydrogen (secondary N) is 1. The minimum atomic E-state index is -4.25. The topological polar surface area (TPSA) is 12.0 Å². The number of rotatable bonds is 0. The molecule has 0 radical (unpaired) electrons. The van der Waals surface area contributed by atoms with Crippen LogP contribution in [0.2, 0.25) is 0 Å². The summed E-state index contributed by atoms with van der Waals surface area (Å²) in [5, 5.41) is 3.04. The first-order valence-electron chi connectivity index (χ1n) is 5.01. The molecule has 0 atom stereocenters. The summed E-state index contributed by atoms with van der Waals surface area (Å²) < 4.78 is 37.3. The molecule has 2 rings (SSSR count). The van der Waals surface area contributed by atoms with Crippen LogP contribution in [0.4, 0.5) is 18.9 Å². The smallest absolute Gasteiger partial charge is 0.385 e. The summed E-state index contributed by atoms with van der Waals surface area (Å²) in [5.74, 6) is 0. The van der Waals surface area contributed by atoms with E-state index in [1.54, 1.807) is 6.07 Å². The van der Waals surface area contributed by atoms with Gasteiger partial charge in [0, 0.05) is 12.2 Å². The number of hydrogen-bond donors (Lipinski definition) is 1. The van der Waals surface area contributed by atoms with Crippen LogP contribution in [0, 0.1) is 0 Å². The largest absolute Gasteiger partial charge is 0.416 e. The minimum absolute atomic E-state index is 0. The Bertz CT molecular complexity index is 363. The highest BCUT2D eigenvalue weighted by Gasteiger charge is 2.31. The van der Waals surface area contributed by atoms with Gasteiger partial charge in [-0.05, 0) is 37.0 Å². The molecule has 16 heavy (non-hydrogen) atoms. The van der Waals surface area contributed by atoms with E-state index in [1.165, 1.54) is 6.07 Å². The van der Waals surface area contributed by atoms with E-state index in [9.17, 15) is 13.2 Å². The molecule has 1 aliphatic rings. The fourth-order valence-corrected chi connectivity index (χ4v) is 1.80. The van der Waals surface area contributed by atoms with Gasteiger partial charge in [0.05, 0.1) is 5.56 Å². The Morgan fingerprint density at radius 1 is 1.12 bits per heavy atom. The van der Waals surface area contributed by atoms with E-state index in [1.807, 2.05) is 0 Å². The maximum Gasteiger partial charge on any atom is 0.416 e. The SMILES string of the molecule is Cl.FC(F)(F)c1ccc2c(c1)NCCCC2. The van der Waals surface area contributed by atoms with Crippen LogP contribution in [0.5, 0.6) is 0 Å². The highest BCUT2D eigenvalue weighted by Crippen LogP contribution is 2.33. The average molecular weight is 252 g/mol. The summed E-state index contributed by atoms with van der Waals surface area (Å²) in [6.07, 6.45) is -1.34. The number of halogens is 4. The quantitative estimate of drug-likeness (QED) is 0.738. The Morgan fingerprint density at radius 2 is 1.88 bits per heavy atom. The summed E-state index contributed by atoms with van der Waals surface area (Å²) in [6, 6.07) is 3.95. The highest BCUT2D eigenvalue weighted by atomic mass is 35.5. The second-order valence-electron chi connectivity index (χ2n) is 3.75. The first-order valence-corrected chi connectivity index (χ1v) is 5.01. The van der Waals surface area contributed by atoms with Gasteiger partial charge in [-0.15, -0.1) is 12.4 Å². The molecule has 1 nitrogen and oxygen atoms in total. The first-order chi connectivity index (χ1) is 7.07. The fraction of sp³-hybridized carbons (Fsp3) is 0.455. The molecule has 0 unspecified atom stereocenters. The molecule has 90 valence electrons. The van der Waals surface area contributed by atoms with Gasteiger partial charge in [-0.2, -0.15) is 13.2 Å². The molecule has 1 aliphatic heterocycles. The number of fused-ring (bicyclic) bond motifs is 1. The Hall–Kier alpha value is -0.900. The van der Waals surface area contributed by atoms with Gasteiger partial charge in [-0.3, -0.25) is 0 Å². The second kappa shape index (κ2) is 4.95. The molecule has 0 bridgehead atoms. The molecular weight excluding hydrogens is 239 g/mol. The highest BCUT2D eigenvalue weighted by molar-refractivity contribution is 5.85. The number of alkyl halides is 3. The molecule has 1 heterocycles. The molecule has 0 saturated carbocycles. The van der Waals surface area contributed by atoms with E-state index in [2.05, 4.69) is 5.32 Å². The summed E-state index contributed by atoms with van der Waals surface area (Å²) in [6.45, 7) is 0.758. The van der Waals surface area contributed by atoms with E-state index >= 15 is 0 Å². The van der Waals surface area contributed by atoms with Gasteiger partial charge >= 0.3 is 6.18 Å². The predicted octanol–water partition coefficient (Wildman–Crippen LogP) is 3.88. The molecule has 1 N–H and O–H groups in total. The standard InChI is InChI=1S/C11H12F3N.ClH/c12-11(13,14)9-5-4-8-3-1-2-6-15-10(8)7-9;/h4-5,7,15H,1-3,6H2;1H. The maximum atomic E-state index is 12.4. The average Bonchev–Trinajstić information content (AvgIpc) is 2.39. The lowest BCUT2D eigenvalue weighted by Crippen LogP contribution is -2.07. The van der Waals surface area contributed by atoms with Crippen LogP contribution in [0.1, 0.15) is 24.0 Å². The van der Waals surface area contributed by atoms with Gasteiger partial charge in [0.1, 0.15) is 0 Å². The van der Waals surface area contributed by atoms with Gasteiger partial charge < -0.3 is 5.32 Å². The molecule has 5 heteroatoms. The molecule has 0 amide bonds. The third kappa shape index (κ3) is 2.82. The van der Waals surface area contributed by atoms with Crippen LogP contribution in [0.15, 0.2) is 18.2 Å². The zero-order valence-corrected chi connectivity index (χ0v) is 9.42. The minimum Gasteiger partial charge on any atom is -0.385 e. The summed E-state index contributed by atoms with van der Waals surface area (Å²) in [5.41, 5.74) is 1.05. The van der Waals surface area contributed by atoms with E-state index < -0.39 is 11.7 Å². The lowest BCUT2D eigenvalue weighted by atomic mass is 10.1. The Balaban J connectivity index is 0.00000128. The van der Waals surface area contributed by atoms with Gasteiger partial charge in [0.25, 0.3) is 0 Å². The van der Waals surface area contributed by atoms with Crippen molar-refractivity contribution in [1.82, 2.24) is 0 Å². The number of benzene rings is 1. The van der Waals surface area contributed by atoms with Gasteiger partial charge in [-0.1, -0.05) is 6.07 Å². The molecule has 0 saturated heterocycles. The molecule has 0 spiro atoms. The predicted molar refractivity (Wildman–Crippen MR) is 60.1 cm³/mol. The fourth-order valence-electron chi connectivity index (χ4n) is 1.80. The molecule has 1 aromatic rings. The van der Waals surface area contributed by atoms with Crippen molar-refractivity contribution in [3.63, 3.8) is 0 Å². The Kier molecular flexibility index (Phi) is 4.08. The summed E-state index contributed by atoms with van der Waals surface area (Å²) in [4.78, 5) is 0. The van der Waals surface area contributed by atoms with Crippen molar-refractivity contribution in [3.05, 3.63) is 29.3 Å². The third-order valence-corrected chi connectivity index (χ3v) is 2.63. The first kappa shape index (κ1) is 13.2. The Morgan fingerprint density at radius 3 is 2.56 bits per heavy atom. The van der Waals surface area contributed by atoms with E-state index in [0.717, 1.165) is 37.4 Å². The second-order valence-corrected chi connectivity index (χ2v) is 3.75. The van der Waals surface area contributed by atoms with E-state index in [0.29, 0.717) is 5.69 Å². The normalized spacial score (nSPS) is 15.4. The lowest BCUT2D eigenvalue weighted by Gasteiger charge is -2.12. The van der Waals surface area contributed by atoms with Crippen LogP contribution < -0.4 is 5.32 Å². The molecule has 1 aromatic carbocycles. The molecular formula is C11H13ClF3N. The van der Waals surface area contributed by atoms with Gasteiger partial charge in [0.2, 0.25) is 0 Å². The van der Waals surface area contributed by atoms with Crippen molar-refractivity contribution in [2.45, 2.75) is 25.4 Å². The van der Waals surface area contributed by atoms with Crippen molar-refractivity contribution < 1.29 is 13.2 Å². The third-order valence-electron chi connectivity index (χ3n) is 2.63. The zero-order valence-electron chi connectivity index (χ0n) is 8.60. The van der Waals surface area contributed by atoms with Crippen LogP contribution in [-0.2, 0) is 12.6 Å². The van der Waals surface area contributed by atoms with Gasteiger partial charge in [0.15, 0.2) is 0 Å².